The van der Waals surface area contributed by atoms with Crippen LogP contribution in [0.3, 0.4) is 0 Å². The smallest absolute Gasteiger partial charge is 0.253 e. The van der Waals surface area contributed by atoms with E-state index in [1.54, 1.807) is 13.0 Å². The molecule has 1 aromatic carbocycles. The molecule has 0 fully saturated rings. The van der Waals surface area contributed by atoms with E-state index in [9.17, 15) is 9.59 Å². The summed E-state index contributed by atoms with van der Waals surface area (Å²) in [6.45, 7) is 4.45. The highest BCUT2D eigenvalue weighted by Crippen LogP contribution is 2.06. The lowest BCUT2D eigenvalue weighted by Gasteiger charge is -2.08. The third-order valence-electron chi connectivity index (χ3n) is 3.04. The zero-order chi connectivity index (χ0) is 14.5. The molecule has 0 saturated carbocycles. The third-order valence-corrected chi connectivity index (χ3v) is 3.04. The maximum Gasteiger partial charge on any atom is 0.253 e. The first-order valence-corrected chi connectivity index (χ1v) is 6.45. The molecule has 1 amide bonds. The van der Waals surface area contributed by atoms with Gasteiger partial charge < -0.3 is 5.32 Å². The van der Waals surface area contributed by atoms with Gasteiger partial charge in [-0.1, -0.05) is 18.2 Å². The molecule has 104 valence electrons. The van der Waals surface area contributed by atoms with E-state index in [-0.39, 0.29) is 11.5 Å². The van der Waals surface area contributed by atoms with E-state index in [0.29, 0.717) is 24.3 Å². The minimum absolute atomic E-state index is 0.109. The van der Waals surface area contributed by atoms with Crippen LogP contribution in [0.5, 0.6) is 0 Å². The maximum atomic E-state index is 12.0. The largest absolute Gasteiger partial charge is 0.350 e. The molecular weight excluding hydrogens is 254 g/mol. The summed E-state index contributed by atoms with van der Waals surface area (Å²) in [4.78, 5) is 27.7. The Balaban J connectivity index is 1.95. The predicted molar refractivity (Wildman–Crippen MR) is 76.7 cm³/mol. The summed E-state index contributed by atoms with van der Waals surface area (Å²) in [5.41, 5.74) is 2.17. The molecule has 1 N–H and O–H groups in total. The van der Waals surface area contributed by atoms with Gasteiger partial charge in [-0.25, -0.2) is 4.98 Å². The molecule has 0 spiro atoms. The number of aromatic nitrogens is 2. The number of nitrogens with one attached hydrogen (secondary N) is 1. The number of hydrogen-bond donors (Lipinski definition) is 1. The number of rotatable bonds is 4. The molecule has 1 heterocycles. The number of aryl methyl sites for hydroxylation is 2. The van der Waals surface area contributed by atoms with Crippen molar-refractivity contribution < 1.29 is 4.79 Å². The molecule has 0 radical (unpaired) electrons. The molecule has 2 rings (SSSR count). The quantitative estimate of drug-likeness (QED) is 0.911. The first-order valence-electron chi connectivity index (χ1n) is 6.45. The highest BCUT2D eigenvalue weighted by Gasteiger charge is 2.07. The van der Waals surface area contributed by atoms with Gasteiger partial charge in [-0.3, -0.25) is 14.2 Å². The lowest BCUT2D eigenvalue weighted by molar-refractivity contribution is 0.0951. The van der Waals surface area contributed by atoms with Crippen molar-refractivity contribution in [3.05, 3.63) is 63.8 Å². The molecule has 0 saturated heterocycles. The maximum absolute atomic E-state index is 12.0. The molecule has 1 aromatic heterocycles. The highest BCUT2D eigenvalue weighted by atomic mass is 16.1. The summed E-state index contributed by atoms with van der Waals surface area (Å²) in [7, 11) is 0. The Labute approximate surface area is 117 Å². The second kappa shape index (κ2) is 6.14. The van der Waals surface area contributed by atoms with E-state index >= 15 is 0 Å². The summed E-state index contributed by atoms with van der Waals surface area (Å²) >= 11 is 0. The van der Waals surface area contributed by atoms with Gasteiger partial charge in [0.2, 0.25) is 0 Å². The fourth-order valence-corrected chi connectivity index (χ4v) is 1.90. The number of amides is 1. The average Bonchev–Trinajstić information content (AvgIpc) is 2.41. The van der Waals surface area contributed by atoms with E-state index in [1.807, 2.05) is 25.1 Å². The fraction of sp³-hybridized carbons (Fsp3) is 0.267. The van der Waals surface area contributed by atoms with Crippen molar-refractivity contribution in [2.24, 2.45) is 0 Å². The van der Waals surface area contributed by atoms with Gasteiger partial charge in [0.25, 0.3) is 11.5 Å². The van der Waals surface area contributed by atoms with Crippen molar-refractivity contribution in [3.8, 4) is 0 Å². The molecule has 2 aromatic rings. The van der Waals surface area contributed by atoms with Crippen LogP contribution in [0.15, 0.2) is 41.5 Å². The van der Waals surface area contributed by atoms with E-state index in [0.717, 1.165) is 5.56 Å². The Kier molecular flexibility index (Phi) is 4.30. The van der Waals surface area contributed by atoms with Crippen molar-refractivity contribution in [1.82, 2.24) is 14.9 Å². The predicted octanol–water partition coefficient (Wildman–Crippen LogP) is 1.29. The normalized spacial score (nSPS) is 10.3. The fourth-order valence-electron chi connectivity index (χ4n) is 1.90. The van der Waals surface area contributed by atoms with Crippen LogP contribution in [-0.2, 0) is 6.54 Å². The molecule has 0 bridgehead atoms. The molecule has 5 nitrogen and oxygen atoms in total. The lowest BCUT2D eigenvalue weighted by atomic mass is 10.1. The summed E-state index contributed by atoms with van der Waals surface area (Å²) in [6.07, 6.45) is 1.50. The summed E-state index contributed by atoms with van der Waals surface area (Å²) in [5, 5.41) is 2.80. The molecular formula is C15H17N3O2. The third kappa shape index (κ3) is 3.32. The molecule has 0 aliphatic heterocycles. The van der Waals surface area contributed by atoms with E-state index < -0.39 is 0 Å². The number of benzene rings is 1. The van der Waals surface area contributed by atoms with E-state index in [1.165, 1.54) is 17.0 Å². The summed E-state index contributed by atoms with van der Waals surface area (Å²) < 4.78 is 1.48. The molecule has 0 atom stereocenters. The van der Waals surface area contributed by atoms with Crippen LogP contribution >= 0.6 is 0 Å². The van der Waals surface area contributed by atoms with Crippen molar-refractivity contribution in [2.75, 3.05) is 6.54 Å². The number of hydrogen-bond acceptors (Lipinski definition) is 3. The Morgan fingerprint density at radius 1 is 1.30 bits per heavy atom. The van der Waals surface area contributed by atoms with Crippen LogP contribution in [0.25, 0.3) is 0 Å². The minimum Gasteiger partial charge on any atom is -0.350 e. The number of nitrogens with zero attached hydrogens (tertiary/aromatic N) is 2. The molecule has 20 heavy (non-hydrogen) atoms. The van der Waals surface area contributed by atoms with Gasteiger partial charge in [-0.05, 0) is 25.5 Å². The van der Waals surface area contributed by atoms with Crippen LogP contribution in [0.4, 0.5) is 0 Å². The van der Waals surface area contributed by atoms with Gasteiger partial charge in [-0.15, -0.1) is 0 Å². The topological polar surface area (TPSA) is 64.0 Å². The first-order chi connectivity index (χ1) is 9.58. The SMILES string of the molecule is Cc1cc(=O)n(CCNC(=O)c2ccccc2C)cn1. The number of carbonyl (C=O) groups excluding carboxylic acids is 1. The average molecular weight is 271 g/mol. The van der Waals surface area contributed by atoms with Crippen molar-refractivity contribution in [1.29, 1.82) is 0 Å². The Bertz CT molecular complexity index is 677. The van der Waals surface area contributed by atoms with Gasteiger partial charge in [0.05, 0.1) is 6.33 Å². The molecule has 0 aliphatic rings. The van der Waals surface area contributed by atoms with Crippen LogP contribution in [0, 0.1) is 13.8 Å². The van der Waals surface area contributed by atoms with Gasteiger partial charge >= 0.3 is 0 Å². The number of carbonyl (C=O) groups is 1. The van der Waals surface area contributed by atoms with Crippen LogP contribution < -0.4 is 10.9 Å². The lowest BCUT2D eigenvalue weighted by Crippen LogP contribution is -2.31. The molecule has 0 aliphatic carbocycles. The summed E-state index contributed by atoms with van der Waals surface area (Å²) in [6, 6.07) is 8.87. The monoisotopic (exact) mass is 271 g/mol. The Hall–Kier alpha value is -2.43. The minimum atomic E-state index is -0.129. The molecule has 5 heteroatoms. The standard InChI is InChI=1S/C15H17N3O2/c1-11-5-3-4-6-13(11)15(20)16-7-8-18-10-17-12(2)9-14(18)19/h3-6,9-10H,7-8H2,1-2H3,(H,16,20). The van der Waals surface area contributed by atoms with Crippen LogP contribution in [0.2, 0.25) is 0 Å². The van der Waals surface area contributed by atoms with Crippen molar-refractivity contribution in [2.45, 2.75) is 20.4 Å². The zero-order valence-electron chi connectivity index (χ0n) is 11.6. The Morgan fingerprint density at radius 3 is 2.75 bits per heavy atom. The van der Waals surface area contributed by atoms with Gasteiger partial charge in [-0.2, -0.15) is 0 Å². The first kappa shape index (κ1) is 14.0. The van der Waals surface area contributed by atoms with E-state index in [2.05, 4.69) is 10.3 Å². The zero-order valence-corrected chi connectivity index (χ0v) is 11.6. The van der Waals surface area contributed by atoms with Crippen LogP contribution in [0.1, 0.15) is 21.6 Å². The van der Waals surface area contributed by atoms with Crippen LogP contribution in [-0.4, -0.2) is 22.0 Å². The second-order valence-corrected chi connectivity index (χ2v) is 4.63. The second-order valence-electron chi connectivity index (χ2n) is 4.63. The van der Waals surface area contributed by atoms with Crippen molar-refractivity contribution >= 4 is 5.91 Å². The van der Waals surface area contributed by atoms with Crippen molar-refractivity contribution in [3.63, 3.8) is 0 Å². The van der Waals surface area contributed by atoms with Gasteiger partial charge in [0.15, 0.2) is 0 Å². The van der Waals surface area contributed by atoms with Gasteiger partial charge in [0, 0.05) is 30.4 Å². The Morgan fingerprint density at radius 2 is 2.05 bits per heavy atom. The summed E-state index contributed by atoms with van der Waals surface area (Å²) in [5.74, 6) is -0.129. The van der Waals surface area contributed by atoms with Gasteiger partial charge in [0.1, 0.15) is 0 Å². The highest BCUT2D eigenvalue weighted by molar-refractivity contribution is 5.95. The van der Waals surface area contributed by atoms with E-state index in [4.69, 9.17) is 0 Å². The molecule has 0 unspecified atom stereocenters.